The fourth-order valence-electron chi connectivity index (χ4n) is 6.05. The van der Waals surface area contributed by atoms with Crippen LogP contribution in [0.25, 0.3) is 22.5 Å². The van der Waals surface area contributed by atoms with E-state index in [9.17, 15) is 23.1 Å². The first-order valence-electron chi connectivity index (χ1n) is 13.9. The number of hydrogen-bond donors (Lipinski definition) is 2. The number of carbonyl (C=O) groups is 1. The largest absolute Gasteiger partial charge is 0.492 e. The number of aliphatic hydroxyl groups is 1. The average molecular weight is 594 g/mol. The van der Waals surface area contributed by atoms with Crippen LogP contribution >= 0.6 is 0 Å². The van der Waals surface area contributed by atoms with E-state index in [2.05, 4.69) is 10.1 Å². The van der Waals surface area contributed by atoms with Gasteiger partial charge in [0, 0.05) is 30.2 Å². The summed E-state index contributed by atoms with van der Waals surface area (Å²) in [5, 5.41) is 23.9. The molecule has 3 aromatic carbocycles. The number of alkyl halides is 3. The third kappa shape index (κ3) is 5.45. The molecule has 43 heavy (non-hydrogen) atoms. The molecule has 1 aliphatic carbocycles. The third-order valence-corrected chi connectivity index (χ3v) is 7.96. The van der Waals surface area contributed by atoms with Crippen molar-refractivity contribution in [3.05, 3.63) is 82.7 Å². The maximum Gasteiger partial charge on any atom is 0.417 e. The maximum absolute atomic E-state index is 14.3. The van der Waals surface area contributed by atoms with E-state index in [1.54, 1.807) is 63.4 Å². The van der Waals surface area contributed by atoms with E-state index in [-0.39, 0.29) is 24.5 Å². The standard InChI is InChI=1S/C32H30F3N3O5/c1-31(2,41)30-36-29(37-38(30)3)18-6-4-17(5-7-18)28-23-11-13-25(22(23)10-12-24(28)32(33,34)35)43-20-8-9-21-19(14-27(39)40)16-42-26(21)15-20/h4-10,12,15,19,25,41H,11,13-14,16H2,1-3H3,(H,39,40)/t19-,25-/m1/s1. The van der Waals surface area contributed by atoms with E-state index in [0.717, 1.165) is 11.6 Å². The van der Waals surface area contributed by atoms with Crippen molar-refractivity contribution in [2.75, 3.05) is 6.61 Å². The van der Waals surface area contributed by atoms with Crippen molar-refractivity contribution >= 4 is 5.97 Å². The van der Waals surface area contributed by atoms with Gasteiger partial charge in [0.25, 0.3) is 0 Å². The second kappa shape index (κ2) is 10.4. The Morgan fingerprint density at radius 2 is 1.77 bits per heavy atom. The van der Waals surface area contributed by atoms with Crippen LogP contribution in [-0.2, 0) is 30.0 Å². The predicted molar refractivity (Wildman–Crippen MR) is 151 cm³/mol. The zero-order valence-electron chi connectivity index (χ0n) is 23.8. The van der Waals surface area contributed by atoms with E-state index in [1.807, 2.05) is 0 Å². The minimum atomic E-state index is -4.56. The summed E-state index contributed by atoms with van der Waals surface area (Å²) in [4.78, 5) is 15.6. The molecule has 0 unspecified atom stereocenters. The number of hydrogen-bond acceptors (Lipinski definition) is 6. The van der Waals surface area contributed by atoms with Crippen molar-refractivity contribution < 1.29 is 37.7 Å². The number of rotatable bonds is 7. The van der Waals surface area contributed by atoms with Gasteiger partial charge in [0.1, 0.15) is 23.2 Å². The predicted octanol–water partition coefficient (Wildman–Crippen LogP) is 6.41. The highest BCUT2D eigenvalue weighted by molar-refractivity contribution is 5.76. The molecular weight excluding hydrogens is 563 g/mol. The minimum absolute atomic E-state index is 0.0330. The van der Waals surface area contributed by atoms with Crippen LogP contribution in [0.15, 0.2) is 54.6 Å². The Morgan fingerprint density at radius 3 is 2.42 bits per heavy atom. The number of fused-ring (bicyclic) bond motifs is 2. The van der Waals surface area contributed by atoms with E-state index >= 15 is 0 Å². The molecule has 0 fully saturated rings. The molecule has 11 heteroatoms. The summed E-state index contributed by atoms with van der Waals surface area (Å²) in [6.45, 7) is 3.48. The summed E-state index contributed by atoms with van der Waals surface area (Å²) < 4.78 is 56.2. The van der Waals surface area contributed by atoms with Crippen LogP contribution in [0.4, 0.5) is 13.2 Å². The van der Waals surface area contributed by atoms with Crippen LogP contribution in [0.1, 0.15) is 66.8 Å². The van der Waals surface area contributed by atoms with Gasteiger partial charge in [-0.3, -0.25) is 4.79 Å². The second-order valence-corrected chi connectivity index (χ2v) is 11.5. The number of aryl methyl sites for hydroxylation is 1. The number of benzene rings is 3. The highest BCUT2D eigenvalue weighted by atomic mass is 19.4. The molecule has 1 aromatic heterocycles. The Balaban J connectivity index is 1.31. The van der Waals surface area contributed by atoms with Gasteiger partial charge in [-0.1, -0.05) is 36.4 Å². The van der Waals surface area contributed by atoms with Crippen LogP contribution in [0.2, 0.25) is 0 Å². The monoisotopic (exact) mass is 593 g/mol. The van der Waals surface area contributed by atoms with E-state index in [4.69, 9.17) is 14.6 Å². The number of aromatic nitrogens is 3. The topological polar surface area (TPSA) is 107 Å². The first-order chi connectivity index (χ1) is 20.3. The van der Waals surface area contributed by atoms with Gasteiger partial charge in [0.15, 0.2) is 11.6 Å². The number of carboxylic acid groups (broad SMARTS) is 1. The minimum Gasteiger partial charge on any atom is -0.492 e. The lowest BCUT2D eigenvalue weighted by atomic mass is 9.91. The molecule has 4 aromatic rings. The summed E-state index contributed by atoms with van der Waals surface area (Å²) in [6.07, 6.45) is -4.15. The lowest BCUT2D eigenvalue weighted by Gasteiger charge is -2.20. The smallest absolute Gasteiger partial charge is 0.417 e. The maximum atomic E-state index is 14.3. The van der Waals surface area contributed by atoms with Crippen LogP contribution < -0.4 is 9.47 Å². The van der Waals surface area contributed by atoms with Crippen molar-refractivity contribution in [3.63, 3.8) is 0 Å². The first kappa shape index (κ1) is 28.7. The summed E-state index contributed by atoms with van der Waals surface area (Å²) in [5.41, 5.74) is 1.33. The molecule has 2 aliphatic rings. The molecule has 0 saturated heterocycles. The highest BCUT2D eigenvalue weighted by Gasteiger charge is 2.38. The number of nitrogens with zero attached hydrogens (tertiary/aromatic N) is 3. The normalized spacial score (nSPS) is 17.8. The Hall–Kier alpha value is -4.38. The van der Waals surface area contributed by atoms with Gasteiger partial charge in [-0.05, 0) is 61.1 Å². The Morgan fingerprint density at radius 1 is 1.07 bits per heavy atom. The molecule has 0 saturated carbocycles. The van der Waals surface area contributed by atoms with Crippen LogP contribution in [0.3, 0.4) is 0 Å². The second-order valence-electron chi connectivity index (χ2n) is 11.5. The molecule has 8 nitrogen and oxygen atoms in total. The molecule has 2 heterocycles. The number of carboxylic acids is 1. The van der Waals surface area contributed by atoms with Crippen molar-refractivity contribution in [2.45, 2.75) is 56.9 Å². The summed E-state index contributed by atoms with van der Waals surface area (Å²) in [6, 6.07) is 14.5. The molecule has 224 valence electrons. The van der Waals surface area contributed by atoms with Gasteiger partial charge in [0.05, 0.1) is 18.6 Å². The molecule has 0 radical (unpaired) electrons. The van der Waals surface area contributed by atoms with Gasteiger partial charge >= 0.3 is 12.1 Å². The van der Waals surface area contributed by atoms with Gasteiger partial charge in [-0.15, -0.1) is 0 Å². The molecule has 0 amide bonds. The lowest BCUT2D eigenvalue weighted by Crippen LogP contribution is -2.21. The SMILES string of the molecule is Cn1nc(-c2ccc(-c3c(C(F)(F)F)ccc4c3CC[C@H]4Oc3ccc4c(c3)OC[C@H]4CC(=O)O)cc2)nc1C(C)(C)O. The fourth-order valence-corrected chi connectivity index (χ4v) is 6.05. The molecule has 0 spiro atoms. The molecular formula is C32H30F3N3O5. The van der Waals surface area contributed by atoms with Crippen LogP contribution in [0.5, 0.6) is 11.5 Å². The Kier molecular flexibility index (Phi) is 6.95. The zero-order chi connectivity index (χ0) is 30.7. The van der Waals surface area contributed by atoms with E-state index in [0.29, 0.717) is 58.2 Å². The van der Waals surface area contributed by atoms with Gasteiger partial charge in [-0.2, -0.15) is 18.3 Å². The van der Waals surface area contributed by atoms with Crippen LogP contribution in [0, 0.1) is 0 Å². The molecule has 0 bridgehead atoms. The number of ether oxygens (including phenoxy) is 2. The fraction of sp³-hybridized carbons (Fsp3) is 0.344. The summed E-state index contributed by atoms with van der Waals surface area (Å²) in [7, 11) is 1.67. The molecule has 6 rings (SSSR count). The van der Waals surface area contributed by atoms with Crippen LogP contribution in [-0.4, -0.2) is 37.6 Å². The Bertz CT molecular complexity index is 1710. The average Bonchev–Trinajstić information content (AvgIpc) is 3.64. The molecule has 2 N–H and O–H groups in total. The quantitative estimate of drug-likeness (QED) is 0.255. The van der Waals surface area contributed by atoms with Crippen molar-refractivity contribution in [1.82, 2.24) is 14.8 Å². The first-order valence-corrected chi connectivity index (χ1v) is 13.9. The summed E-state index contributed by atoms with van der Waals surface area (Å²) in [5.74, 6) is 0.662. The van der Waals surface area contributed by atoms with Crippen molar-refractivity contribution in [2.24, 2.45) is 7.05 Å². The molecule has 2 atom stereocenters. The van der Waals surface area contributed by atoms with E-state index < -0.39 is 29.4 Å². The third-order valence-electron chi connectivity index (χ3n) is 7.96. The van der Waals surface area contributed by atoms with Crippen molar-refractivity contribution in [3.8, 4) is 34.0 Å². The molecule has 1 aliphatic heterocycles. The number of aliphatic carboxylic acids is 1. The Labute approximate surface area is 245 Å². The van der Waals surface area contributed by atoms with Gasteiger partial charge < -0.3 is 19.7 Å². The van der Waals surface area contributed by atoms with E-state index in [1.165, 1.54) is 10.7 Å². The zero-order valence-corrected chi connectivity index (χ0v) is 23.8. The highest BCUT2D eigenvalue weighted by Crippen LogP contribution is 2.47. The van der Waals surface area contributed by atoms with Crippen molar-refractivity contribution in [1.29, 1.82) is 0 Å². The van der Waals surface area contributed by atoms with Gasteiger partial charge in [0.2, 0.25) is 0 Å². The lowest BCUT2D eigenvalue weighted by molar-refractivity contribution is -0.138. The number of halogens is 3. The summed E-state index contributed by atoms with van der Waals surface area (Å²) >= 11 is 0. The van der Waals surface area contributed by atoms with Gasteiger partial charge in [-0.25, -0.2) is 9.67 Å².